The van der Waals surface area contributed by atoms with Gasteiger partial charge in [0, 0.05) is 13.0 Å². The highest BCUT2D eigenvalue weighted by Crippen LogP contribution is 2.20. The summed E-state index contributed by atoms with van der Waals surface area (Å²) in [4.78, 5) is 23.2. The van der Waals surface area contributed by atoms with Gasteiger partial charge in [0.25, 0.3) is 0 Å². The van der Waals surface area contributed by atoms with Crippen molar-refractivity contribution in [1.29, 1.82) is 0 Å². The lowest BCUT2D eigenvalue weighted by Gasteiger charge is -2.06. The third-order valence-corrected chi connectivity index (χ3v) is 1.95. The number of rotatable bonds is 0. The number of ether oxygens (including phenoxy) is 1. The first-order chi connectivity index (χ1) is 4.79. The molecule has 2 aliphatic heterocycles. The van der Waals surface area contributed by atoms with Gasteiger partial charge in [-0.2, -0.15) is 0 Å². The Balaban J connectivity index is 2.24. The van der Waals surface area contributed by atoms with Gasteiger partial charge < -0.3 is 4.74 Å². The molecule has 0 bridgehead atoms. The second kappa shape index (κ2) is 1.71. The molecule has 2 fully saturated rings. The first kappa shape index (κ1) is 5.70. The van der Waals surface area contributed by atoms with Crippen molar-refractivity contribution >= 4 is 11.9 Å². The molecule has 54 valence electrons. The Kier molecular flexibility index (Phi) is 0.977. The molecule has 4 nitrogen and oxygen atoms in total. The molecule has 0 saturated carbocycles. The molecule has 0 aliphatic carbocycles. The first-order valence-corrected chi connectivity index (χ1v) is 3.25. The van der Waals surface area contributed by atoms with Crippen molar-refractivity contribution in [3.05, 3.63) is 0 Å². The Bertz CT molecular complexity index is 179. The first-order valence-electron chi connectivity index (χ1n) is 3.25. The fourth-order valence-electron chi connectivity index (χ4n) is 1.36. The predicted octanol–water partition coefficient (Wildman–Crippen LogP) is -0.220. The van der Waals surface area contributed by atoms with Crippen molar-refractivity contribution in [1.82, 2.24) is 4.90 Å². The van der Waals surface area contributed by atoms with Gasteiger partial charge in [-0.05, 0) is 0 Å². The van der Waals surface area contributed by atoms with Crippen LogP contribution in [0, 0.1) is 0 Å². The SMILES string of the molecule is O=C1CCN2C(=O)OCC12. The van der Waals surface area contributed by atoms with Gasteiger partial charge in [-0.25, -0.2) is 4.79 Å². The average Bonchev–Trinajstić information content (AvgIpc) is 2.41. The molecule has 4 heteroatoms. The zero-order chi connectivity index (χ0) is 7.14. The van der Waals surface area contributed by atoms with Gasteiger partial charge in [0.2, 0.25) is 0 Å². The van der Waals surface area contributed by atoms with E-state index >= 15 is 0 Å². The molecule has 0 aromatic rings. The van der Waals surface area contributed by atoms with Gasteiger partial charge in [0.15, 0.2) is 5.78 Å². The molecule has 1 unspecified atom stereocenters. The number of Topliss-reactive ketones (excluding diaryl/α,β-unsaturated/α-hetero) is 1. The molecule has 2 saturated heterocycles. The maximum absolute atomic E-state index is 10.9. The summed E-state index contributed by atoms with van der Waals surface area (Å²) in [5, 5.41) is 0. The lowest BCUT2D eigenvalue weighted by molar-refractivity contribution is -0.119. The maximum atomic E-state index is 10.9. The Labute approximate surface area is 57.7 Å². The Morgan fingerprint density at radius 1 is 1.50 bits per heavy atom. The summed E-state index contributed by atoms with van der Waals surface area (Å²) in [5.41, 5.74) is 0. The normalized spacial score (nSPS) is 30.8. The van der Waals surface area contributed by atoms with Crippen molar-refractivity contribution in [2.75, 3.05) is 13.2 Å². The van der Waals surface area contributed by atoms with Crippen LogP contribution >= 0.6 is 0 Å². The van der Waals surface area contributed by atoms with E-state index in [1.807, 2.05) is 0 Å². The summed E-state index contributed by atoms with van der Waals surface area (Å²) in [6.07, 6.45) is 0.163. The van der Waals surface area contributed by atoms with Gasteiger partial charge >= 0.3 is 6.09 Å². The summed E-state index contributed by atoms with van der Waals surface area (Å²) in [6.45, 7) is 0.806. The van der Waals surface area contributed by atoms with E-state index in [2.05, 4.69) is 4.74 Å². The Morgan fingerprint density at radius 2 is 2.30 bits per heavy atom. The number of hydrogen-bond donors (Lipinski definition) is 0. The van der Waals surface area contributed by atoms with Gasteiger partial charge in [0.05, 0.1) is 0 Å². The number of ketones is 1. The summed E-state index contributed by atoms with van der Waals surface area (Å²) < 4.78 is 4.66. The van der Waals surface area contributed by atoms with Crippen LogP contribution in [0.25, 0.3) is 0 Å². The molecule has 1 atom stereocenters. The summed E-state index contributed by atoms with van der Waals surface area (Å²) >= 11 is 0. The fourth-order valence-corrected chi connectivity index (χ4v) is 1.36. The second-order valence-electron chi connectivity index (χ2n) is 2.50. The number of hydrogen-bond acceptors (Lipinski definition) is 3. The smallest absolute Gasteiger partial charge is 0.410 e. The van der Waals surface area contributed by atoms with Crippen molar-refractivity contribution in [2.24, 2.45) is 0 Å². The fraction of sp³-hybridized carbons (Fsp3) is 0.667. The standard InChI is InChI=1S/C6H7NO3/c8-5-1-2-7-4(5)3-10-6(7)9/h4H,1-3H2. The van der Waals surface area contributed by atoms with E-state index in [0.717, 1.165) is 0 Å². The molecule has 0 N–H and O–H groups in total. The molecule has 0 aromatic carbocycles. The number of carbonyl (C=O) groups is 2. The van der Waals surface area contributed by atoms with E-state index in [1.54, 1.807) is 0 Å². The van der Waals surface area contributed by atoms with E-state index < -0.39 is 0 Å². The highest BCUT2D eigenvalue weighted by atomic mass is 16.6. The summed E-state index contributed by atoms with van der Waals surface area (Å²) in [6, 6.07) is -0.257. The van der Waals surface area contributed by atoms with Crippen LogP contribution in [0.2, 0.25) is 0 Å². The van der Waals surface area contributed by atoms with Gasteiger partial charge in [-0.3, -0.25) is 9.69 Å². The van der Waals surface area contributed by atoms with Crippen LogP contribution in [0.15, 0.2) is 0 Å². The van der Waals surface area contributed by atoms with E-state index in [0.29, 0.717) is 13.0 Å². The number of carbonyl (C=O) groups excluding carboxylic acids is 2. The predicted molar refractivity (Wildman–Crippen MR) is 31.5 cm³/mol. The number of amides is 1. The Hall–Kier alpha value is -1.06. The molecule has 2 aliphatic rings. The molecular weight excluding hydrogens is 134 g/mol. The molecule has 10 heavy (non-hydrogen) atoms. The number of fused-ring (bicyclic) bond motifs is 1. The van der Waals surface area contributed by atoms with Crippen LogP contribution in [-0.4, -0.2) is 36.0 Å². The molecule has 0 radical (unpaired) electrons. The highest BCUT2D eigenvalue weighted by molar-refractivity contribution is 5.92. The number of cyclic esters (lactones) is 1. The van der Waals surface area contributed by atoms with Gasteiger partial charge in [-0.15, -0.1) is 0 Å². The molecule has 1 amide bonds. The van der Waals surface area contributed by atoms with E-state index in [1.165, 1.54) is 4.90 Å². The van der Waals surface area contributed by atoms with E-state index in [9.17, 15) is 9.59 Å². The minimum absolute atomic E-state index is 0.130. The highest BCUT2D eigenvalue weighted by Gasteiger charge is 2.42. The minimum atomic E-state index is -0.337. The van der Waals surface area contributed by atoms with Crippen molar-refractivity contribution < 1.29 is 14.3 Å². The largest absolute Gasteiger partial charge is 0.447 e. The third kappa shape index (κ3) is 0.558. The topological polar surface area (TPSA) is 46.6 Å². The Morgan fingerprint density at radius 3 is 3.00 bits per heavy atom. The maximum Gasteiger partial charge on any atom is 0.410 e. The third-order valence-electron chi connectivity index (χ3n) is 1.95. The van der Waals surface area contributed by atoms with Crippen LogP contribution < -0.4 is 0 Å². The zero-order valence-corrected chi connectivity index (χ0v) is 5.37. The zero-order valence-electron chi connectivity index (χ0n) is 5.37. The van der Waals surface area contributed by atoms with Crippen LogP contribution in [-0.2, 0) is 9.53 Å². The molecule has 2 rings (SSSR count). The molecule has 0 aromatic heterocycles. The molecular formula is C6H7NO3. The van der Waals surface area contributed by atoms with Crippen molar-refractivity contribution in [2.45, 2.75) is 12.5 Å². The van der Waals surface area contributed by atoms with Crippen LogP contribution in [0.3, 0.4) is 0 Å². The summed E-state index contributed by atoms with van der Waals surface area (Å²) in [7, 11) is 0. The van der Waals surface area contributed by atoms with Crippen molar-refractivity contribution in [3.63, 3.8) is 0 Å². The van der Waals surface area contributed by atoms with E-state index in [4.69, 9.17) is 0 Å². The van der Waals surface area contributed by atoms with Crippen LogP contribution in [0.5, 0.6) is 0 Å². The summed E-state index contributed by atoms with van der Waals surface area (Å²) in [5.74, 6) is 0.130. The quantitative estimate of drug-likeness (QED) is 0.468. The molecule has 0 spiro atoms. The van der Waals surface area contributed by atoms with Crippen LogP contribution in [0.4, 0.5) is 4.79 Å². The van der Waals surface area contributed by atoms with Gasteiger partial charge in [0.1, 0.15) is 12.6 Å². The lowest BCUT2D eigenvalue weighted by Crippen LogP contribution is -2.30. The van der Waals surface area contributed by atoms with E-state index in [-0.39, 0.29) is 24.5 Å². The van der Waals surface area contributed by atoms with Gasteiger partial charge in [-0.1, -0.05) is 0 Å². The van der Waals surface area contributed by atoms with Crippen LogP contribution in [0.1, 0.15) is 6.42 Å². The number of nitrogens with zero attached hydrogens (tertiary/aromatic N) is 1. The lowest BCUT2D eigenvalue weighted by atomic mass is 10.2. The second-order valence-corrected chi connectivity index (χ2v) is 2.50. The minimum Gasteiger partial charge on any atom is -0.447 e. The van der Waals surface area contributed by atoms with Crippen molar-refractivity contribution in [3.8, 4) is 0 Å². The average molecular weight is 141 g/mol. The molecule has 2 heterocycles. The monoisotopic (exact) mass is 141 g/mol.